The number of imidazole rings is 1. The number of H-pyrrole nitrogens is 1. The van der Waals surface area contributed by atoms with Gasteiger partial charge in [-0.3, -0.25) is 4.79 Å². The number of carbonyl (C=O) groups is 1. The summed E-state index contributed by atoms with van der Waals surface area (Å²) in [6.07, 6.45) is 10.2. The highest BCUT2D eigenvalue weighted by atomic mass is 16.2. The fraction of sp³-hybridized carbons (Fsp3) is 0.348. The Balaban J connectivity index is 1.24. The number of nitrogens with one attached hydrogen (secondary N) is 1. The molecule has 1 saturated carbocycles. The van der Waals surface area contributed by atoms with Crippen molar-refractivity contribution in [2.75, 3.05) is 13.1 Å². The first-order valence-corrected chi connectivity index (χ1v) is 10.5. The standard InChI is InChI=1S/C23H23N5O/c29-23(20-19-5-1-2-11-28(19)22(26-20)16-6-7-16)27-12-8-15(9-13-27)18-14-25-21-17(18)4-3-10-24-21/h1-5,10-11,14-16H,6-9,12-13H2,(H,24,25). The second-order valence-electron chi connectivity index (χ2n) is 8.26. The van der Waals surface area contributed by atoms with E-state index in [1.165, 1.54) is 23.8 Å². The van der Waals surface area contributed by atoms with Gasteiger partial charge in [-0.15, -0.1) is 0 Å². The summed E-state index contributed by atoms with van der Waals surface area (Å²) in [5.41, 5.74) is 3.81. The molecule has 4 aromatic rings. The van der Waals surface area contributed by atoms with Gasteiger partial charge >= 0.3 is 0 Å². The number of aromatic nitrogens is 4. The van der Waals surface area contributed by atoms with Crippen molar-refractivity contribution in [1.29, 1.82) is 0 Å². The molecule has 4 aromatic heterocycles. The van der Waals surface area contributed by atoms with Crippen LogP contribution in [0.3, 0.4) is 0 Å². The number of hydrogen-bond acceptors (Lipinski definition) is 3. The Kier molecular flexibility index (Phi) is 3.72. The van der Waals surface area contributed by atoms with Crippen LogP contribution in [0.15, 0.2) is 48.9 Å². The monoisotopic (exact) mass is 385 g/mol. The first-order chi connectivity index (χ1) is 14.3. The van der Waals surface area contributed by atoms with Crippen molar-refractivity contribution in [2.45, 2.75) is 37.5 Å². The summed E-state index contributed by atoms with van der Waals surface area (Å²) in [6, 6.07) is 10.1. The molecule has 0 spiro atoms. The third-order valence-corrected chi connectivity index (χ3v) is 6.43. The van der Waals surface area contributed by atoms with E-state index < -0.39 is 0 Å². The fourth-order valence-electron chi connectivity index (χ4n) is 4.71. The third kappa shape index (κ3) is 2.74. The molecule has 1 aliphatic carbocycles. The van der Waals surface area contributed by atoms with Gasteiger partial charge in [-0.2, -0.15) is 0 Å². The Labute approximate surface area is 168 Å². The van der Waals surface area contributed by atoms with Crippen LogP contribution in [-0.2, 0) is 0 Å². The predicted molar refractivity (Wildman–Crippen MR) is 111 cm³/mol. The Morgan fingerprint density at radius 1 is 1.03 bits per heavy atom. The van der Waals surface area contributed by atoms with E-state index in [4.69, 9.17) is 4.98 Å². The largest absolute Gasteiger partial charge is 0.346 e. The minimum absolute atomic E-state index is 0.0691. The van der Waals surface area contributed by atoms with Crippen molar-refractivity contribution in [3.05, 3.63) is 66.0 Å². The lowest BCUT2D eigenvalue weighted by molar-refractivity contribution is 0.0710. The predicted octanol–water partition coefficient (Wildman–Crippen LogP) is 4.11. The van der Waals surface area contributed by atoms with Gasteiger partial charge in [0.2, 0.25) is 0 Å². The second kappa shape index (κ2) is 6.44. The average molecular weight is 385 g/mol. The third-order valence-electron chi connectivity index (χ3n) is 6.43. The molecule has 6 rings (SSSR count). The number of fused-ring (bicyclic) bond motifs is 2. The van der Waals surface area contributed by atoms with Crippen molar-refractivity contribution < 1.29 is 4.79 Å². The number of carbonyl (C=O) groups excluding carboxylic acids is 1. The van der Waals surface area contributed by atoms with E-state index in [1.54, 1.807) is 0 Å². The summed E-state index contributed by atoms with van der Waals surface area (Å²) in [7, 11) is 0. The van der Waals surface area contributed by atoms with Gasteiger partial charge in [-0.25, -0.2) is 9.97 Å². The van der Waals surface area contributed by atoms with Crippen LogP contribution in [-0.4, -0.2) is 43.2 Å². The molecule has 2 aliphatic rings. The molecule has 146 valence electrons. The summed E-state index contributed by atoms with van der Waals surface area (Å²) in [5, 5.41) is 1.20. The van der Waals surface area contributed by atoms with Gasteiger partial charge in [-0.05, 0) is 61.4 Å². The van der Waals surface area contributed by atoms with Crippen LogP contribution in [0.5, 0.6) is 0 Å². The van der Waals surface area contributed by atoms with E-state index in [1.807, 2.05) is 41.6 Å². The molecule has 0 atom stereocenters. The molecule has 5 heterocycles. The zero-order valence-corrected chi connectivity index (χ0v) is 16.2. The SMILES string of the molecule is O=C(c1nc(C2CC2)n2ccccc12)N1CCC(c2c[nH]c3ncccc23)CC1. The summed E-state index contributed by atoms with van der Waals surface area (Å²) < 4.78 is 2.11. The molecule has 1 N–H and O–H groups in total. The number of likely N-dealkylation sites (tertiary alicyclic amines) is 1. The maximum absolute atomic E-state index is 13.3. The number of hydrogen-bond donors (Lipinski definition) is 1. The topological polar surface area (TPSA) is 66.3 Å². The molecular weight excluding hydrogens is 362 g/mol. The minimum atomic E-state index is 0.0691. The second-order valence-corrected chi connectivity index (χ2v) is 8.26. The zero-order valence-electron chi connectivity index (χ0n) is 16.2. The van der Waals surface area contributed by atoms with E-state index >= 15 is 0 Å². The van der Waals surface area contributed by atoms with Crippen molar-refractivity contribution in [3.8, 4) is 0 Å². The van der Waals surface area contributed by atoms with Crippen LogP contribution in [0.2, 0.25) is 0 Å². The summed E-state index contributed by atoms with van der Waals surface area (Å²) in [6.45, 7) is 1.53. The summed E-state index contributed by atoms with van der Waals surface area (Å²) in [5.74, 6) is 2.08. The van der Waals surface area contributed by atoms with Crippen LogP contribution in [0.25, 0.3) is 16.6 Å². The summed E-state index contributed by atoms with van der Waals surface area (Å²) >= 11 is 0. The Hall–Kier alpha value is -3.15. The first kappa shape index (κ1) is 16.8. The molecule has 1 aliphatic heterocycles. The van der Waals surface area contributed by atoms with Gasteiger partial charge < -0.3 is 14.3 Å². The Morgan fingerprint density at radius 3 is 2.72 bits per heavy atom. The number of piperidine rings is 1. The zero-order chi connectivity index (χ0) is 19.4. The number of aromatic amines is 1. The van der Waals surface area contributed by atoms with Crippen LogP contribution >= 0.6 is 0 Å². The lowest BCUT2D eigenvalue weighted by atomic mass is 9.89. The molecule has 6 nitrogen and oxygen atoms in total. The number of rotatable bonds is 3. The number of nitrogens with zero attached hydrogens (tertiary/aromatic N) is 4. The molecule has 0 radical (unpaired) electrons. The maximum Gasteiger partial charge on any atom is 0.274 e. The fourth-order valence-corrected chi connectivity index (χ4v) is 4.71. The molecule has 0 unspecified atom stereocenters. The van der Waals surface area contributed by atoms with Gasteiger partial charge in [-0.1, -0.05) is 6.07 Å². The van der Waals surface area contributed by atoms with Crippen LogP contribution in [0.4, 0.5) is 0 Å². The van der Waals surface area contributed by atoms with E-state index in [0.717, 1.165) is 42.9 Å². The molecule has 29 heavy (non-hydrogen) atoms. The highest BCUT2D eigenvalue weighted by Gasteiger charge is 2.33. The number of pyridine rings is 2. The first-order valence-electron chi connectivity index (χ1n) is 10.5. The average Bonchev–Trinajstić information content (AvgIpc) is 3.41. The normalized spacial score (nSPS) is 18.0. The molecule has 6 heteroatoms. The van der Waals surface area contributed by atoms with E-state index in [-0.39, 0.29) is 5.91 Å². The highest BCUT2D eigenvalue weighted by molar-refractivity contribution is 5.99. The molecule has 0 aromatic carbocycles. The van der Waals surface area contributed by atoms with Gasteiger partial charge in [0.25, 0.3) is 5.91 Å². The Bertz CT molecular complexity index is 1210. The van der Waals surface area contributed by atoms with Gasteiger partial charge in [0, 0.05) is 43.0 Å². The molecular formula is C23H23N5O. The van der Waals surface area contributed by atoms with Crippen LogP contribution < -0.4 is 0 Å². The maximum atomic E-state index is 13.3. The van der Waals surface area contributed by atoms with Gasteiger partial charge in [0.1, 0.15) is 11.5 Å². The molecule has 0 bridgehead atoms. The molecule has 2 fully saturated rings. The van der Waals surface area contributed by atoms with Crippen LogP contribution in [0, 0.1) is 0 Å². The van der Waals surface area contributed by atoms with Crippen molar-refractivity contribution >= 4 is 22.5 Å². The smallest absolute Gasteiger partial charge is 0.274 e. The lowest BCUT2D eigenvalue weighted by Crippen LogP contribution is -2.38. The van der Waals surface area contributed by atoms with Crippen molar-refractivity contribution in [2.24, 2.45) is 0 Å². The molecule has 1 saturated heterocycles. The highest BCUT2D eigenvalue weighted by Crippen LogP contribution is 2.40. The van der Waals surface area contributed by atoms with Crippen molar-refractivity contribution in [1.82, 2.24) is 24.3 Å². The van der Waals surface area contributed by atoms with Gasteiger partial charge in [0.05, 0.1) is 5.52 Å². The van der Waals surface area contributed by atoms with E-state index in [2.05, 4.69) is 26.6 Å². The summed E-state index contributed by atoms with van der Waals surface area (Å²) in [4.78, 5) is 27.8. The van der Waals surface area contributed by atoms with Gasteiger partial charge in [0.15, 0.2) is 5.69 Å². The van der Waals surface area contributed by atoms with E-state index in [9.17, 15) is 4.79 Å². The number of amides is 1. The van der Waals surface area contributed by atoms with E-state index in [0.29, 0.717) is 17.5 Å². The molecule has 1 amide bonds. The van der Waals surface area contributed by atoms with Crippen LogP contribution in [0.1, 0.15) is 59.4 Å². The minimum Gasteiger partial charge on any atom is -0.346 e. The lowest BCUT2D eigenvalue weighted by Gasteiger charge is -2.31. The van der Waals surface area contributed by atoms with Crippen molar-refractivity contribution in [3.63, 3.8) is 0 Å². The Morgan fingerprint density at radius 2 is 1.90 bits per heavy atom. The quantitative estimate of drug-likeness (QED) is 0.577.